The van der Waals surface area contributed by atoms with E-state index >= 15 is 0 Å². The number of hydrogen-bond donors (Lipinski definition) is 1. The molecule has 134 valence electrons. The van der Waals surface area contributed by atoms with Crippen LogP contribution in [0.5, 0.6) is 0 Å². The molecule has 0 aliphatic heterocycles. The summed E-state index contributed by atoms with van der Waals surface area (Å²) in [5.41, 5.74) is 5.55. The van der Waals surface area contributed by atoms with Crippen molar-refractivity contribution in [1.82, 2.24) is 10.5 Å². The first kappa shape index (κ1) is 17.3. The minimum atomic E-state index is -0.0330. The Morgan fingerprint density at radius 2 is 1.52 bits per heavy atom. The molecular formula is C24H22N2O. The largest absolute Gasteiger partial charge is 0.356 e. The molecule has 1 heterocycles. The Kier molecular flexibility index (Phi) is 5.13. The zero-order valence-corrected chi connectivity index (χ0v) is 15.3. The van der Waals surface area contributed by atoms with E-state index in [0.717, 1.165) is 29.1 Å². The number of hydrogen-bond acceptors (Lipinski definition) is 3. The van der Waals surface area contributed by atoms with Crippen molar-refractivity contribution in [3.05, 3.63) is 113 Å². The van der Waals surface area contributed by atoms with Crippen molar-refractivity contribution in [2.24, 2.45) is 0 Å². The highest BCUT2D eigenvalue weighted by atomic mass is 16.5. The van der Waals surface area contributed by atoms with Gasteiger partial charge in [-0.05, 0) is 18.1 Å². The average molecular weight is 354 g/mol. The Morgan fingerprint density at radius 3 is 2.22 bits per heavy atom. The summed E-state index contributed by atoms with van der Waals surface area (Å²) in [4.78, 5) is 0. The molecular weight excluding hydrogens is 332 g/mol. The first-order valence-electron chi connectivity index (χ1n) is 9.15. The van der Waals surface area contributed by atoms with Crippen LogP contribution in [0.4, 0.5) is 0 Å². The molecule has 0 fully saturated rings. The Labute approximate surface area is 159 Å². The molecule has 27 heavy (non-hydrogen) atoms. The molecule has 0 aliphatic rings. The summed E-state index contributed by atoms with van der Waals surface area (Å²) < 4.78 is 5.66. The third-order valence-electron chi connectivity index (χ3n) is 4.65. The smallest absolute Gasteiger partial charge is 0.167 e. The van der Waals surface area contributed by atoms with Crippen LogP contribution in [0.2, 0.25) is 0 Å². The Bertz CT molecular complexity index is 976. The van der Waals surface area contributed by atoms with Gasteiger partial charge in [-0.15, -0.1) is 0 Å². The maximum atomic E-state index is 5.66. The first-order valence-corrected chi connectivity index (χ1v) is 9.15. The monoisotopic (exact) mass is 354 g/mol. The van der Waals surface area contributed by atoms with E-state index in [-0.39, 0.29) is 6.04 Å². The van der Waals surface area contributed by atoms with Crippen molar-refractivity contribution in [3.63, 3.8) is 0 Å². The minimum Gasteiger partial charge on any atom is -0.356 e. The van der Waals surface area contributed by atoms with Gasteiger partial charge in [-0.25, -0.2) is 0 Å². The average Bonchev–Trinajstić information content (AvgIpc) is 3.20. The lowest BCUT2D eigenvalue weighted by Gasteiger charge is -2.17. The van der Waals surface area contributed by atoms with Gasteiger partial charge in [0.2, 0.25) is 0 Å². The normalized spacial score (nSPS) is 12.0. The second kappa shape index (κ2) is 8.02. The fourth-order valence-corrected chi connectivity index (χ4v) is 3.13. The Morgan fingerprint density at radius 1 is 0.852 bits per heavy atom. The van der Waals surface area contributed by atoms with Gasteiger partial charge in [-0.1, -0.05) is 95.6 Å². The first-order chi connectivity index (χ1) is 13.3. The molecule has 1 N–H and O–H groups in total. The lowest BCUT2D eigenvalue weighted by Crippen LogP contribution is -2.22. The Hall–Kier alpha value is -3.17. The highest BCUT2D eigenvalue weighted by molar-refractivity contribution is 5.58. The summed E-state index contributed by atoms with van der Waals surface area (Å²) in [6.45, 7) is 2.83. The molecule has 4 rings (SSSR count). The second-order valence-electron chi connectivity index (χ2n) is 6.69. The van der Waals surface area contributed by atoms with Crippen LogP contribution in [0, 0.1) is 6.92 Å². The summed E-state index contributed by atoms with van der Waals surface area (Å²) in [5.74, 6) is 0.785. The van der Waals surface area contributed by atoms with E-state index < -0.39 is 0 Å². The van der Waals surface area contributed by atoms with Crippen molar-refractivity contribution < 1.29 is 4.52 Å². The van der Waals surface area contributed by atoms with Crippen LogP contribution in [0.15, 0.2) is 95.5 Å². The molecule has 4 aromatic rings. The predicted octanol–water partition coefficient (Wildman–Crippen LogP) is 5.53. The number of rotatable bonds is 6. The lowest BCUT2D eigenvalue weighted by molar-refractivity contribution is 0.413. The van der Waals surface area contributed by atoms with E-state index in [1.165, 1.54) is 11.1 Å². The van der Waals surface area contributed by atoms with Gasteiger partial charge >= 0.3 is 0 Å². The summed E-state index contributed by atoms with van der Waals surface area (Å²) in [6.07, 6.45) is 0. The second-order valence-corrected chi connectivity index (χ2v) is 6.69. The fourth-order valence-electron chi connectivity index (χ4n) is 3.13. The zero-order chi connectivity index (χ0) is 18.5. The van der Waals surface area contributed by atoms with Crippen LogP contribution in [0.25, 0.3) is 11.3 Å². The summed E-state index contributed by atoms with van der Waals surface area (Å²) >= 11 is 0. The lowest BCUT2D eigenvalue weighted by atomic mass is 10.0. The number of aryl methyl sites for hydroxylation is 1. The van der Waals surface area contributed by atoms with Crippen LogP contribution in [-0.4, -0.2) is 5.16 Å². The molecule has 0 saturated heterocycles. The van der Waals surface area contributed by atoms with Crippen LogP contribution >= 0.6 is 0 Å². The van der Waals surface area contributed by atoms with Gasteiger partial charge in [-0.2, -0.15) is 0 Å². The van der Waals surface area contributed by atoms with Gasteiger partial charge in [0.1, 0.15) is 5.69 Å². The number of nitrogens with zero attached hydrogens (tertiary/aromatic N) is 1. The van der Waals surface area contributed by atoms with Gasteiger partial charge in [0.25, 0.3) is 0 Å². The molecule has 3 nitrogen and oxygen atoms in total. The molecule has 3 heteroatoms. The maximum absolute atomic E-state index is 5.66. The molecule has 3 aromatic carbocycles. The van der Waals surface area contributed by atoms with Gasteiger partial charge in [0.05, 0.1) is 6.04 Å². The van der Waals surface area contributed by atoms with E-state index in [0.29, 0.717) is 0 Å². The van der Waals surface area contributed by atoms with E-state index in [9.17, 15) is 0 Å². The topological polar surface area (TPSA) is 38.1 Å². The molecule has 1 unspecified atom stereocenters. The van der Waals surface area contributed by atoms with Gasteiger partial charge in [0.15, 0.2) is 5.76 Å². The highest BCUT2D eigenvalue weighted by Gasteiger charge is 2.19. The number of benzene rings is 3. The van der Waals surface area contributed by atoms with E-state index in [1.54, 1.807) is 0 Å². The summed E-state index contributed by atoms with van der Waals surface area (Å²) in [6, 6.07) is 31.0. The van der Waals surface area contributed by atoms with Crippen LogP contribution in [0.3, 0.4) is 0 Å². The number of aromatic nitrogens is 1. The standard InChI is InChI=1S/C24H22N2O/c1-18-12-14-20(15-13-18)23-16-22(26-27-23)24(21-10-6-3-7-11-21)25-17-19-8-4-2-5-9-19/h2-16,24-25H,17H2,1H3. The highest BCUT2D eigenvalue weighted by Crippen LogP contribution is 2.27. The fraction of sp³-hybridized carbons (Fsp3) is 0.125. The quantitative estimate of drug-likeness (QED) is 0.495. The van der Waals surface area contributed by atoms with E-state index in [2.05, 4.69) is 78.1 Å². The molecule has 0 radical (unpaired) electrons. The molecule has 0 saturated carbocycles. The predicted molar refractivity (Wildman–Crippen MR) is 108 cm³/mol. The summed E-state index contributed by atoms with van der Waals surface area (Å²) in [5, 5.41) is 7.99. The van der Waals surface area contributed by atoms with Gasteiger partial charge in [0, 0.05) is 18.2 Å². The molecule has 0 spiro atoms. The van der Waals surface area contributed by atoms with Crippen molar-refractivity contribution in [1.29, 1.82) is 0 Å². The van der Waals surface area contributed by atoms with E-state index in [1.807, 2.05) is 30.3 Å². The van der Waals surface area contributed by atoms with E-state index in [4.69, 9.17) is 4.52 Å². The van der Waals surface area contributed by atoms with Crippen molar-refractivity contribution in [3.8, 4) is 11.3 Å². The van der Waals surface area contributed by atoms with Gasteiger partial charge in [-0.3, -0.25) is 0 Å². The zero-order valence-electron chi connectivity index (χ0n) is 15.3. The third-order valence-corrected chi connectivity index (χ3v) is 4.65. The van der Waals surface area contributed by atoms with Gasteiger partial charge < -0.3 is 9.84 Å². The van der Waals surface area contributed by atoms with Crippen molar-refractivity contribution >= 4 is 0 Å². The maximum Gasteiger partial charge on any atom is 0.167 e. The van der Waals surface area contributed by atoms with Crippen LogP contribution < -0.4 is 5.32 Å². The van der Waals surface area contributed by atoms with Crippen molar-refractivity contribution in [2.45, 2.75) is 19.5 Å². The van der Waals surface area contributed by atoms with Crippen molar-refractivity contribution in [2.75, 3.05) is 0 Å². The summed E-state index contributed by atoms with van der Waals surface area (Å²) in [7, 11) is 0. The molecule has 0 amide bonds. The molecule has 0 aliphatic carbocycles. The Balaban J connectivity index is 1.61. The third kappa shape index (κ3) is 4.15. The minimum absolute atomic E-state index is 0.0330. The molecule has 1 atom stereocenters. The van der Waals surface area contributed by atoms with Crippen LogP contribution in [0.1, 0.15) is 28.4 Å². The van der Waals surface area contributed by atoms with Crippen LogP contribution in [-0.2, 0) is 6.54 Å². The number of nitrogens with one attached hydrogen (secondary N) is 1. The molecule has 0 bridgehead atoms. The molecule has 1 aromatic heterocycles. The SMILES string of the molecule is Cc1ccc(-c2cc(C(NCc3ccccc3)c3ccccc3)no2)cc1.